The molecule has 0 bridgehead atoms. The van der Waals surface area contributed by atoms with Gasteiger partial charge in [-0.15, -0.1) is 0 Å². The number of unbranched alkanes of at least 4 members (excludes halogenated alkanes) is 4. The summed E-state index contributed by atoms with van der Waals surface area (Å²) in [6.45, 7) is 16.6. The lowest BCUT2D eigenvalue weighted by atomic mass is 9.77. The monoisotopic (exact) mass is 512 g/mol. The van der Waals surface area contributed by atoms with Gasteiger partial charge in [-0.2, -0.15) is 0 Å². The maximum atomic E-state index is 13.0. The minimum atomic E-state index is -0.979. The first-order valence-corrected chi connectivity index (χ1v) is 13.7. The number of aliphatic carboxylic acids is 1. The average molecular weight is 513 g/mol. The molecule has 8 heteroatoms. The van der Waals surface area contributed by atoms with E-state index in [4.69, 9.17) is 9.47 Å². The van der Waals surface area contributed by atoms with Crippen LogP contribution in [-0.4, -0.2) is 54.0 Å². The molecule has 0 saturated carbocycles. The second-order valence-corrected chi connectivity index (χ2v) is 12.5. The molecule has 0 aromatic heterocycles. The Morgan fingerprint density at radius 1 is 1.00 bits per heavy atom. The highest BCUT2D eigenvalue weighted by Crippen LogP contribution is 2.35. The minimum absolute atomic E-state index is 0.0522. The maximum absolute atomic E-state index is 13.0. The Morgan fingerprint density at radius 2 is 1.64 bits per heavy atom. The van der Waals surface area contributed by atoms with E-state index in [0.29, 0.717) is 26.0 Å². The molecule has 0 aliphatic carbocycles. The van der Waals surface area contributed by atoms with E-state index in [1.807, 2.05) is 13.8 Å². The number of carbonyl (C=O) groups excluding carboxylic acids is 2. The number of amides is 2. The molecule has 36 heavy (non-hydrogen) atoms. The molecule has 3 unspecified atom stereocenters. The molecule has 0 aromatic rings. The van der Waals surface area contributed by atoms with Crippen molar-refractivity contribution in [2.75, 3.05) is 13.2 Å². The van der Waals surface area contributed by atoms with E-state index in [0.717, 1.165) is 19.3 Å². The zero-order chi connectivity index (χ0) is 27.6. The van der Waals surface area contributed by atoms with Crippen molar-refractivity contribution in [1.82, 2.24) is 10.6 Å². The van der Waals surface area contributed by atoms with Crippen LogP contribution >= 0.6 is 0 Å². The van der Waals surface area contributed by atoms with Crippen LogP contribution in [0.4, 0.5) is 0 Å². The summed E-state index contributed by atoms with van der Waals surface area (Å²) in [6, 6.07) is -0.547. The standard InChI is InChI=1S/C28H52N2O6/c1-9-10-11-12-13-16-21(26(2,3)4)24(33)29-17-14-15-20(18-22(31)32)30-25(34)23-27(5,6)19-35-28(7,8)36-23/h20-21,23H,9-19H2,1-8H3,(H,29,33)(H,30,34)(H,31,32). The highest BCUT2D eigenvalue weighted by Gasteiger charge is 2.46. The number of hydrogen-bond acceptors (Lipinski definition) is 5. The van der Waals surface area contributed by atoms with Crippen molar-refractivity contribution >= 4 is 17.8 Å². The smallest absolute Gasteiger partial charge is 0.305 e. The summed E-state index contributed by atoms with van der Waals surface area (Å²) in [5, 5.41) is 15.3. The predicted molar refractivity (Wildman–Crippen MR) is 141 cm³/mol. The summed E-state index contributed by atoms with van der Waals surface area (Å²) in [4.78, 5) is 37.4. The lowest BCUT2D eigenvalue weighted by Gasteiger charge is -2.45. The minimum Gasteiger partial charge on any atom is -0.481 e. The molecule has 0 radical (unpaired) electrons. The number of carboxylic acid groups (broad SMARTS) is 1. The van der Waals surface area contributed by atoms with E-state index in [-0.39, 0.29) is 29.6 Å². The highest BCUT2D eigenvalue weighted by atomic mass is 16.7. The molecule has 2 amide bonds. The molecule has 8 nitrogen and oxygen atoms in total. The van der Waals surface area contributed by atoms with Crippen LogP contribution in [0, 0.1) is 16.7 Å². The summed E-state index contributed by atoms with van der Waals surface area (Å²) in [7, 11) is 0. The van der Waals surface area contributed by atoms with E-state index >= 15 is 0 Å². The third kappa shape index (κ3) is 11.6. The molecule has 1 aliphatic heterocycles. The van der Waals surface area contributed by atoms with Crippen molar-refractivity contribution in [3.8, 4) is 0 Å². The van der Waals surface area contributed by atoms with Gasteiger partial charge < -0.3 is 25.2 Å². The Labute approximate surface area is 218 Å². The first kappa shape index (κ1) is 32.4. The van der Waals surface area contributed by atoms with Gasteiger partial charge in [0.1, 0.15) is 6.10 Å². The van der Waals surface area contributed by atoms with Crippen molar-refractivity contribution < 1.29 is 29.0 Å². The van der Waals surface area contributed by atoms with Crippen molar-refractivity contribution in [2.45, 2.75) is 131 Å². The van der Waals surface area contributed by atoms with Crippen molar-refractivity contribution in [3.63, 3.8) is 0 Å². The molecule has 0 aromatic carbocycles. The molecule has 1 saturated heterocycles. The molecule has 3 N–H and O–H groups in total. The first-order valence-electron chi connectivity index (χ1n) is 13.7. The third-order valence-corrected chi connectivity index (χ3v) is 6.90. The van der Waals surface area contributed by atoms with E-state index in [1.54, 1.807) is 13.8 Å². The zero-order valence-corrected chi connectivity index (χ0v) is 24.0. The second kappa shape index (κ2) is 14.3. The van der Waals surface area contributed by atoms with Crippen LogP contribution in [0.1, 0.15) is 113 Å². The summed E-state index contributed by atoms with van der Waals surface area (Å²) < 4.78 is 11.6. The fourth-order valence-corrected chi connectivity index (χ4v) is 4.63. The third-order valence-electron chi connectivity index (χ3n) is 6.90. The van der Waals surface area contributed by atoms with Gasteiger partial charge in [-0.05, 0) is 38.5 Å². The quantitative estimate of drug-likeness (QED) is 0.265. The lowest BCUT2D eigenvalue weighted by Crippen LogP contribution is -2.57. The normalized spacial score (nSPS) is 20.8. The Bertz CT molecular complexity index is 713. The Kier molecular flexibility index (Phi) is 12.9. The van der Waals surface area contributed by atoms with E-state index < -0.39 is 29.3 Å². The van der Waals surface area contributed by atoms with Crippen molar-refractivity contribution in [2.24, 2.45) is 16.7 Å². The van der Waals surface area contributed by atoms with E-state index in [1.165, 1.54) is 19.3 Å². The number of rotatable bonds is 15. The predicted octanol–water partition coefficient (Wildman–Crippen LogP) is 5.04. The van der Waals surface area contributed by atoms with Crippen LogP contribution in [0.15, 0.2) is 0 Å². The van der Waals surface area contributed by atoms with Crippen molar-refractivity contribution in [3.05, 3.63) is 0 Å². The van der Waals surface area contributed by atoms with Gasteiger partial charge in [-0.3, -0.25) is 14.4 Å². The Morgan fingerprint density at radius 3 is 2.22 bits per heavy atom. The summed E-state index contributed by atoms with van der Waals surface area (Å²) in [5.41, 5.74) is -0.668. The number of carboxylic acids is 1. The van der Waals surface area contributed by atoms with E-state index in [2.05, 4.69) is 38.3 Å². The first-order chi connectivity index (χ1) is 16.6. The summed E-state index contributed by atoms with van der Waals surface area (Å²) >= 11 is 0. The van der Waals surface area contributed by atoms with Gasteiger partial charge >= 0.3 is 5.97 Å². The maximum Gasteiger partial charge on any atom is 0.305 e. The number of nitrogens with one attached hydrogen (secondary N) is 2. The van der Waals surface area contributed by atoms with E-state index in [9.17, 15) is 19.5 Å². The second-order valence-electron chi connectivity index (χ2n) is 12.5. The van der Waals surface area contributed by atoms with Crippen LogP contribution in [0.25, 0.3) is 0 Å². The molecule has 1 rings (SSSR count). The van der Waals surface area contributed by atoms with Gasteiger partial charge in [0.05, 0.1) is 13.0 Å². The molecular weight excluding hydrogens is 460 g/mol. The van der Waals surface area contributed by atoms with Crippen LogP contribution in [0.5, 0.6) is 0 Å². The topological polar surface area (TPSA) is 114 Å². The molecule has 1 fully saturated rings. The zero-order valence-electron chi connectivity index (χ0n) is 24.0. The Hall–Kier alpha value is -1.67. The molecule has 3 atom stereocenters. The van der Waals surface area contributed by atoms with Gasteiger partial charge in [0.2, 0.25) is 11.8 Å². The van der Waals surface area contributed by atoms with Gasteiger partial charge in [0.25, 0.3) is 0 Å². The lowest BCUT2D eigenvalue weighted by molar-refractivity contribution is -0.304. The molecule has 0 spiro atoms. The SMILES string of the molecule is CCCCCCCC(C(=O)NCCCC(CC(=O)O)NC(=O)C1OC(C)(C)OCC1(C)C)C(C)(C)C. The molecular formula is C28H52N2O6. The van der Waals surface area contributed by atoms with Crippen LogP contribution in [-0.2, 0) is 23.9 Å². The average Bonchev–Trinajstić information content (AvgIpc) is 2.74. The fourth-order valence-electron chi connectivity index (χ4n) is 4.63. The number of hydrogen-bond donors (Lipinski definition) is 3. The van der Waals surface area contributed by atoms with Gasteiger partial charge in [0, 0.05) is 23.9 Å². The number of carbonyl (C=O) groups is 3. The van der Waals surface area contributed by atoms with Crippen LogP contribution < -0.4 is 10.6 Å². The molecule has 210 valence electrons. The van der Waals surface area contributed by atoms with Gasteiger partial charge in [-0.25, -0.2) is 0 Å². The molecule has 1 aliphatic rings. The largest absolute Gasteiger partial charge is 0.481 e. The van der Waals surface area contributed by atoms with Crippen LogP contribution in [0.2, 0.25) is 0 Å². The number of ether oxygens (including phenoxy) is 2. The van der Waals surface area contributed by atoms with Crippen molar-refractivity contribution in [1.29, 1.82) is 0 Å². The Balaban J connectivity index is 2.63. The highest BCUT2D eigenvalue weighted by molar-refractivity contribution is 5.82. The summed E-state index contributed by atoms with van der Waals surface area (Å²) in [6.07, 6.45) is 6.78. The van der Waals surface area contributed by atoms with Gasteiger partial charge in [0.15, 0.2) is 5.79 Å². The fraction of sp³-hybridized carbons (Fsp3) is 0.893. The summed E-state index contributed by atoms with van der Waals surface area (Å²) in [5.74, 6) is -2.21. The molecule has 1 heterocycles. The van der Waals surface area contributed by atoms with Crippen LogP contribution in [0.3, 0.4) is 0 Å². The van der Waals surface area contributed by atoms with Gasteiger partial charge in [-0.1, -0.05) is 73.6 Å².